The molecule has 8 heteroatoms. The Hall–Kier alpha value is -0.200. The number of hydrogen-bond acceptors (Lipinski definition) is 2. The third kappa shape index (κ3) is 13.8. The minimum atomic E-state index is -4.64. The molecule has 0 aliphatic rings. The number of benzene rings is 1. The zero-order chi connectivity index (χ0) is 11.2. The quantitative estimate of drug-likeness (QED) is 0.402. The molecule has 0 unspecified atom stereocenters. The molecule has 80 valence electrons. The fourth-order valence-electron chi connectivity index (χ4n) is 0.581. The predicted molar refractivity (Wildman–Crippen MR) is 54.8 cm³/mol. The van der Waals surface area contributed by atoms with E-state index in [1.165, 1.54) is 0 Å². The van der Waals surface area contributed by atoms with E-state index in [0.717, 1.165) is 0 Å². The zero-order valence-corrected chi connectivity index (χ0v) is 7.83. The Bertz CT molecular complexity index is 326. The van der Waals surface area contributed by atoms with Crippen LogP contribution in [0.15, 0.2) is 30.3 Å². The Morgan fingerprint density at radius 1 is 1.07 bits per heavy atom. The maximum atomic E-state index is 10.2. The van der Waals surface area contributed by atoms with Crippen LogP contribution in [-0.2, 0) is 4.57 Å². The second kappa shape index (κ2) is 8.01. The molecule has 0 aliphatic heterocycles. The van der Waals surface area contributed by atoms with E-state index in [9.17, 15) is 4.79 Å². The molecule has 0 aliphatic carbocycles. The summed E-state index contributed by atoms with van der Waals surface area (Å²) < 4.78 is 8.88. The van der Waals surface area contributed by atoms with Crippen LogP contribution in [0.3, 0.4) is 0 Å². The molecule has 6 nitrogen and oxygen atoms in total. The van der Waals surface area contributed by atoms with E-state index in [1.807, 2.05) is 0 Å². The van der Waals surface area contributed by atoms with Gasteiger partial charge in [0.1, 0.15) is 0 Å². The van der Waals surface area contributed by atoms with Gasteiger partial charge in [-0.25, -0.2) is 9.36 Å². The number of carboxylic acid groups (broad SMARTS) is 1. The second-order valence-electron chi connectivity index (χ2n) is 2.18. The summed E-state index contributed by atoms with van der Waals surface area (Å²) in [6.07, 6.45) is 0. The van der Waals surface area contributed by atoms with Crippen LogP contribution >= 0.6 is 7.82 Å². The van der Waals surface area contributed by atoms with E-state index < -0.39 is 13.8 Å². The number of phosphoric acid groups is 1. The summed E-state index contributed by atoms with van der Waals surface area (Å²) in [6.45, 7) is 0. The Morgan fingerprint density at radius 2 is 1.40 bits per heavy atom. The molecule has 0 bridgehead atoms. The third-order valence-corrected chi connectivity index (χ3v) is 1.02. The van der Waals surface area contributed by atoms with Gasteiger partial charge in [0, 0.05) is 0 Å². The first-order valence-electron chi connectivity index (χ1n) is 3.37. The molecule has 0 atom stereocenters. The zero-order valence-electron chi connectivity index (χ0n) is 6.94. The number of aromatic carboxylic acids is 1. The van der Waals surface area contributed by atoms with Crippen molar-refractivity contribution in [2.24, 2.45) is 0 Å². The van der Waals surface area contributed by atoms with E-state index in [2.05, 4.69) is 0 Å². The Labute approximate surface area is 108 Å². The maximum absolute atomic E-state index is 10.2. The molecular formula is C7H10NaO6P. The van der Waals surface area contributed by atoms with Crippen molar-refractivity contribution in [2.45, 2.75) is 0 Å². The molecule has 1 rings (SSSR count). The molecular weight excluding hydrogens is 234 g/mol. The topological polar surface area (TPSA) is 115 Å². The van der Waals surface area contributed by atoms with Crippen LogP contribution in [0.5, 0.6) is 0 Å². The van der Waals surface area contributed by atoms with Crippen LogP contribution < -0.4 is 0 Å². The SMILES string of the molecule is O=C(O)c1ccccc1.O=P(O)(O)O.[NaH]. The van der Waals surface area contributed by atoms with Crippen molar-refractivity contribution >= 4 is 43.3 Å². The van der Waals surface area contributed by atoms with Crippen LogP contribution in [0.1, 0.15) is 10.4 Å². The summed E-state index contributed by atoms with van der Waals surface area (Å²) in [5.74, 6) is -0.879. The first-order valence-corrected chi connectivity index (χ1v) is 4.94. The van der Waals surface area contributed by atoms with E-state index in [4.69, 9.17) is 24.4 Å². The van der Waals surface area contributed by atoms with Gasteiger partial charge in [-0.15, -0.1) is 0 Å². The van der Waals surface area contributed by atoms with Crippen molar-refractivity contribution in [1.29, 1.82) is 0 Å². The number of hydrogen-bond donors (Lipinski definition) is 4. The average Bonchev–Trinajstić information content (AvgIpc) is 2.03. The fraction of sp³-hybridized carbons (Fsp3) is 0. The van der Waals surface area contributed by atoms with E-state index in [0.29, 0.717) is 5.56 Å². The first kappa shape index (κ1) is 17.2. The molecule has 0 saturated carbocycles. The summed E-state index contributed by atoms with van der Waals surface area (Å²) in [7, 11) is -4.64. The van der Waals surface area contributed by atoms with Gasteiger partial charge in [0.25, 0.3) is 0 Å². The number of rotatable bonds is 1. The van der Waals surface area contributed by atoms with Gasteiger partial charge in [0.15, 0.2) is 0 Å². The van der Waals surface area contributed by atoms with E-state index >= 15 is 0 Å². The van der Waals surface area contributed by atoms with Crippen molar-refractivity contribution in [2.75, 3.05) is 0 Å². The van der Waals surface area contributed by atoms with Crippen LogP contribution in [0.25, 0.3) is 0 Å². The van der Waals surface area contributed by atoms with Gasteiger partial charge in [-0.1, -0.05) is 18.2 Å². The molecule has 4 N–H and O–H groups in total. The number of carboxylic acids is 1. The Balaban J connectivity index is 0. The Morgan fingerprint density at radius 3 is 1.60 bits per heavy atom. The summed E-state index contributed by atoms with van der Waals surface area (Å²) in [4.78, 5) is 31.8. The molecule has 0 spiro atoms. The monoisotopic (exact) mass is 244 g/mol. The molecule has 0 aromatic heterocycles. The molecule has 0 fully saturated rings. The molecule has 1 aromatic carbocycles. The summed E-state index contributed by atoms with van der Waals surface area (Å²) in [6, 6.07) is 8.30. The van der Waals surface area contributed by atoms with E-state index in [-0.39, 0.29) is 29.6 Å². The average molecular weight is 244 g/mol. The molecule has 0 amide bonds. The van der Waals surface area contributed by atoms with Gasteiger partial charge in [-0.3, -0.25) is 0 Å². The van der Waals surface area contributed by atoms with Crippen molar-refractivity contribution in [3.05, 3.63) is 35.9 Å². The first-order chi connectivity index (χ1) is 6.30. The summed E-state index contributed by atoms with van der Waals surface area (Å²) in [5.41, 5.74) is 0.331. The van der Waals surface area contributed by atoms with Crippen molar-refractivity contribution < 1.29 is 29.1 Å². The summed E-state index contributed by atoms with van der Waals surface area (Å²) in [5, 5.41) is 8.38. The molecule has 0 radical (unpaired) electrons. The van der Waals surface area contributed by atoms with E-state index in [1.54, 1.807) is 30.3 Å². The number of carbonyl (C=O) groups is 1. The van der Waals surface area contributed by atoms with Crippen molar-refractivity contribution in [3.63, 3.8) is 0 Å². The molecule has 0 saturated heterocycles. The van der Waals surface area contributed by atoms with Crippen LogP contribution in [-0.4, -0.2) is 55.3 Å². The van der Waals surface area contributed by atoms with Gasteiger partial charge < -0.3 is 19.8 Å². The van der Waals surface area contributed by atoms with Gasteiger partial charge in [-0.2, -0.15) is 0 Å². The minimum absolute atomic E-state index is 0. The van der Waals surface area contributed by atoms with Gasteiger partial charge >= 0.3 is 43.3 Å². The normalized spacial score (nSPS) is 9.27. The summed E-state index contributed by atoms with van der Waals surface area (Å²) >= 11 is 0. The van der Waals surface area contributed by atoms with Gasteiger partial charge in [-0.05, 0) is 12.1 Å². The molecule has 1 aromatic rings. The van der Waals surface area contributed by atoms with Gasteiger partial charge in [0.2, 0.25) is 0 Å². The standard InChI is InChI=1S/C7H6O2.Na.H3O4P.H/c8-7(9)6-4-2-1-3-5-6;;1-5(2,3)4;/h1-5H,(H,8,9);;(H3,1,2,3,4);. The fourth-order valence-corrected chi connectivity index (χ4v) is 0.581. The molecule has 15 heavy (non-hydrogen) atoms. The van der Waals surface area contributed by atoms with Crippen molar-refractivity contribution in [3.8, 4) is 0 Å². The Kier molecular flexibility index (Phi) is 9.19. The van der Waals surface area contributed by atoms with Crippen LogP contribution in [0, 0.1) is 0 Å². The second-order valence-corrected chi connectivity index (χ2v) is 3.21. The van der Waals surface area contributed by atoms with Gasteiger partial charge in [0.05, 0.1) is 5.56 Å². The third-order valence-electron chi connectivity index (χ3n) is 1.02. The predicted octanol–water partition coefficient (Wildman–Crippen LogP) is -0.192. The van der Waals surface area contributed by atoms with Crippen LogP contribution in [0.2, 0.25) is 0 Å². The van der Waals surface area contributed by atoms with Crippen LogP contribution in [0.4, 0.5) is 0 Å². The molecule has 0 heterocycles. The van der Waals surface area contributed by atoms with Crippen molar-refractivity contribution in [1.82, 2.24) is 0 Å².